The van der Waals surface area contributed by atoms with Gasteiger partial charge in [0.1, 0.15) is 11.5 Å². The number of benzene rings is 1. The Morgan fingerprint density at radius 2 is 1.91 bits per heavy atom. The van der Waals surface area contributed by atoms with Crippen LogP contribution in [0.4, 0.5) is 0 Å². The molecule has 2 N–H and O–H groups in total. The van der Waals surface area contributed by atoms with E-state index in [4.69, 9.17) is 14.6 Å². The number of ether oxygens (including phenoxy) is 2. The van der Waals surface area contributed by atoms with E-state index in [1.165, 1.54) is 0 Å². The van der Waals surface area contributed by atoms with Gasteiger partial charge in [0.2, 0.25) is 5.91 Å². The second-order valence-corrected chi connectivity index (χ2v) is 5.74. The van der Waals surface area contributed by atoms with E-state index in [1.807, 2.05) is 24.3 Å². The van der Waals surface area contributed by atoms with Crippen molar-refractivity contribution in [3.05, 3.63) is 24.3 Å². The highest BCUT2D eigenvalue weighted by atomic mass is 16.5. The number of aliphatic carboxylic acids is 1. The first-order chi connectivity index (χ1) is 11.1. The number of carbonyl (C=O) groups excluding carboxylic acids is 1. The van der Waals surface area contributed by atoms with E-state index in [0.29, 0.717) is 32.3 Å². The van der Waals surface area contributed by atoms with Gasteiger partial charge in [-0.3, -0.25) is 9.59 Å². The predicted octanol–water partition coefficient (Wildman–Crippen LogP) is 2.22. The number of nitrogens with one attached hydrogen (secondary N) is 1. The zero-order valence-electron chi connectivity index (χ0n) is 13.3. The van der Waals surface area contributed by atoms with Gasteiger partial charge in [-0.15, -0.1) is 0 Å². The smallest absolute Gasteiger partial charge is 0.306 e. The van der Waals surface area contributed by atoms with Gasteiger partial charge in [0, 0.05) is 12.5 Å². The second kappa shape index (κ2) is 8.41. The number of carbonyl (C=O) groups is 2. The molecule has 1 aromatic carbocycles. The molecule has 0 bridgehead atoms. The fraction of sp³-hybridized carbons (Fsp3) is 0.529. The van der Waals surface area contributed by atoms with Crippen LogP contribution >= 0.6 is 0 Å². The van der Waals surface area contributed by atoms with Gasteiger partial charge in [-0.25, -0.2) is 0 Å². The molecule has 0 radical (unpaired) electrons. The third-order valence-electron chi connectivity index (χ3n) is 4.02. The average molecular weight is 321 g/mol. The van der Waals surface area contributed by atoms with Crippen LogP contribution in [-0.2, 0) is 9.59 Å². The number of hydrogen-bond acceptors (Lipinski definition) is 4. The fourth-order valence-electron chi connectivity index (χ4n) is 2.73. The van der Waals surface area contributed by atoms with Gasteiger partial charge in [-0.1, -0.05) is 0 Å². The molecule has 1 aliphatic rings. The van der Waals surface area contributed by atoms with Crippen molar-refractivity contribution in [1.29, 1.82) is 0 Å². The highest BCUT2D eigenvalue weighted by Gasteiger charge is 2.30. The van der Waals surface area contributed by atoms with E-state index in [9.17, 15) is 9.59 Å². The Balaban J connectivity index is 1.60. The summed E-state index contributed by atoms with van der Waals surface area (Å²) in [6.07, 6.45) is 2.91. The lowest BCUT2D eigenvalue weighted by atomic mass is 10.1. The zero-order chi connectivity index (χ0) is 16.7. The second-order valence-electron chi connectivity index (χ2n) is 5.74. The summed E-state index contributed by atoms with van der Waals surface area (Å²) in [6, 6.07) is 7.28. The standard InChI is InChI=1S/C17H23NO5/c1-22-14-6-8-15(9-7-14)23-10-2-3-16(19)18-13-5-4-12(11-13)17(20)21/h6-9,12-13H,2-5,10-11H2,1H3,(H,18,19)(H,20,21)/t12-,13+/m0/s1. The van der Waals surface area contributed by atoms with Crippen LogP contribution in [0.25, 0.3) is 0 Å². The summed E-state index contributed by atoms with van der Waals surface area (Å²) in [5, 5.41) is 11.8. The van der Waals surface area contributed by atoms with Crippen LogP contribution in [-0.4, -0.2) is 36.7 Å². The van der Waals surface area contributed by atoms with Crippen LogP contribution in [0.15, 0.2) is 24.3 Å². The number of methoxy groups -OCH3 is 1. The van der Waals surface area contributed by atoms with Crippen LogP contribution < -0.4 is 14.8 Å². The highest BCUT2D eigenvalue weighted by molar-refractivity contribution is 5.76. The minimum atomic E-state index is -0.769. The van der Waals surface area contributed by atoms with Gasteiger partial charge in [-0.05, 0) is 49.9 Å². The molecule has 2 atom stereocenters. The summed E-state index contributed by atoms with van der Waals surface area (Å²) in [5.74, 6) is 0.381. The molecule has 0 saturated heterocycles. The number of carboxylic acid groups (broad SMARTS) is 1. The summed E-state index contributed by atoms with van der Waals surface area (Å²) in [6.45, 7) is 0.460. The SMILES string of the molecule is COc1ccc(OCCCC(=O)N[C@@H]2CC[C@H](C(=O)O)C2)cc1. The maximum Gasteiger partial charge on any atom is 0.306 e. The molecule has 1 aromatic rings. The van der Waals surface area contributed by atoms with Gasteiger partial charge < -0.3 is 19.9 Å². The van der Waals surface area contributed by atoms with Crippen molar-refractivity contribution in [1.82, 2.24) is 5.32 Å². The first-order valence-corrected chi connectivity index (χ1v) is 7.87. The number of carboxylic acids is 1. The van der Waals surface area contributed by atoms with E-state index in [-0.39, 0.29) is 17.9 Å². The van der Waals surface area contributed by atoms with Crippen LogP contribution in [0.2, 0.25) is 0 Å². The molecule has 0 heterocycles. The van der Waals surface area contributed by atoms with E-state index < -0.39 is 5.97 Å². The number of amides is 1. The summed E-state index contributed by atoms with van der Waals surface area (Å²) in [7, 11) is 1.61. The molecule has 1 amide bonds. The molecular weight excluding hydrogens is 298 g/mol. The third-order valence-corrected chi connectivity index (χ3v) is 4.02. The lowest BCUT2D eigenvalue weighted by Gasteiger charge is -2.12. The monoisotopic (exact) mass is 321 g/mol. The lowest BCUT2D eigenvalue weighted by molar-refractivity contribution is -0.141. The molecule has 0 spiro atoms. The van der Waals surface area contributed by atoms with Gasteiger partial charge in [0.25, 0.3) is 0 Å². The maximum atomic E-state index is 11.8. The molecule has 6 heteroatoms. The van der Waals surface area contributed by atoms with E-state index in [0.717, 1.165) is 17.9 Å². The molecule has 2 rings (SSSR count). The van der Waals surface area contributed by atoms with Gasteiger partial charge in [0.15, 0.2) is 0 Å². The first-order valence-electron chi connectivity index (χ1n) is 7.87. The van der Waals surface area contributed by atoms with E-state index in [2.05, 4.69) is 5.32 Å². The highest BCUT2D eigenvalue weighted by Crippen LogP contribution is 2.25. The molecule has 126 valence electrons. The quantitative estimate of drug-likeness (QED) is 0.717. The largest absolute Gasteiger partial charge is 0.497 e. The van der Waals surface area contributed by atoms with Crippen molar-refractivity contribution >= 4 is 11.9 Å². The number of hydrogen-bond donors (Lipinski definition) is 2. The molecule has 0 aromatic heterocycles. The van der Waals surface area contributed by atoms with Crippen LogP contribution in [0.1, 0.15) is 32.1 Å². The Morgan fingerprint density at radius 3 is 2.52 bits per heavy atom. The molecule has 1 aliphatic carbocycles. The molecule has 23 heavy (non-hydrogen) atoms. The number of rotatable bonds is 8. The van der Waals surface area contributed by atoms with Crippen LogP contribution in [0, 0.1) is 5.92 Å². The molecule has 1 saturated carbocycles. The van der Waals surface area contributed by atoms with Crippen molar-refractivity contribution in [3.8, 4) is 11.5 Å². The third kappa shape index (κ3) is 5.47. The van der Waals surface area contributed by atoms with Crippen molar-refractivity contribution in [2.75, 3.05) is 13.7 Å². The summed E-state index contributed by atoms with van der Waals surface area (Å²) in [5.41, 5.74) is 0. The minimum absolute atomic E-state index is 0.00823. The van der Waals surface area contributed by atoms with Crippen molar-refractivity contribution in [3.63, 3.8) is 0 Å². The molecule has 1 fully saturated rings. The van der Waals surface area contributed by atoms with Crippen LogP contribution in [0.5, 0.6) is 11.5 Å². The Labute approximate surface area is 135 Å². The molecule has 0 aliphatic heterocycles. The zero-order valence-corrected chi connectivity index (χ0v) is 13.3. The molecule has 6 nitrogen and oxygen atoms in total. The topological polar surface area (TPSA) is 84.9 Å². The summed E-state index contributed by atoms with van der Waals surface area (Å²) >= 11 is 0. The van der Waals surface area contributed by atoms with Crippen molar-refractivity contribution in [2.24, 2.45) is 5.92 Å². The van der Waals surface area contributed by atoms with E-state index >= 15 is 0 Å². The van der Waals surface area contributed by atoms with E-state index in [1.54, 1.807) is 7.11 Å². The maximum absolute atomic E-state index is 11.8. The van der Waals surface area contributed by atoms with Crippen molar-refractivity contribution < 1.29 is 24.2 Å². The Morgan fingerprint density at radius 1 is 1.22 bits per heavy atom. The van der Waals surface area contributed by atoms with Crippen LogP contribution in [0.3, 0.4) is 0 Å². The lowest BCUT2D eigenvalue weighted by Crippen LogP contribution is -2.33. The first kappa shape index (κ1) is 17.1. The summed E-state index contributed by atoms with van der Waals surface area (Å²) in [4.78, 5) is 22.7. The Bertz CT molecular complexity index is 528. The van der Waals surface area contributed by atoms with Gasteiger partial charge >= 0.3 is 5.97 Å². The van der Waals surface area contributed by atoms with Gasteiger partial charge in [-0.2, -0.15) is 0 Å². The summed E-state index contributed by atoms with van der Waals surface area (Å²) < 4.78 is 10.6. The normalized spacial score (nSPS) is 20.0. The Hall–Kier alpha value is -2.24. The van der Waals surface area contributed by atoms with Gasteiger partial charge in [0.05, 0.1) is 19.6 Å². The predicted molar refractivity (Wildman–Crippen MR) is 84.6 cm³/mol. The molecular formula is C17H23NO5. The fourth-order valence-corrected chi connectivity index (χ4v) is 2.73. The Kier molecular flexibility index (Phi) is 6.26. The minimum Gasteiger partial charge on any atom is -0.497 e. The molecule has 0 unspecified atom stereocenters. The average Bonchev–Trinajstić information content (AvgIpc) is 3.01. The van der Waals surface area contributed by atoms with Crippen molar-refractivity contribution in [2.45, 2.75) is 38.1 Å².